The summed E-state index contributed by atoms with van der Waals surface area (Å²) in [6.07, 6.45) is 3.55. The van der Waals surface area contributed by atoms with E-state index < -0.39 is 0 Å². The highest BCUT2D eigenvalue weighted by Gasteiger charge is 2.09. The Morgan fingerprint density at radius 3 is 2.88 bits per heavy atom. The van der Waals surface area contributed by atoms with Crippen molar-refractivity contribution in [1.29, 1.82) is 0 Å². The van der Waals surface area contributed by atoms with Crippen LogP contribution in [-0.2, 0) is 13.2 Å². The fourth-order valence-electron chi connectivity index (χ4n) is 1.97. The second-order valence-electron chi connectivity index (χ2n) is 4.12. The second kappa shape index (κ2) is 5.27. The number of aliphatic hydroxyl groups is 2. The Morgan fingerprint density at radius 1 is 1.35 bits per heavy atom. The van der Waals surface area contributed by atoms with Crippen molar-refractivity contribution in [2.75, 3.05) is 20.2 Å². The van der Waals surface area contributed by atoms with Gasteiger partial charge in [-0.25, -0.2) is 4.52 Å². The average molecular weight is 235 g/mol. The van der Waals surface area contributed by atoms with Crippen LogP contribution in [0.15, 0.2) is 24.5 Å². The lowest BCUT2D eigenvalue weighted by Crippen LogP contribution is -2.21. The van der Waals surface area contributed by atoms with Crippen LogP contribution < -0.4 is 0 Å². The molecule has 0 bridgehead atoms. The maximum Gasteiger partial charge on any atom is 0.0761 e. The first-order chi connectivity index (χ1) is 8.26. The quantitative estimate of drug-likeness (QED) is 0.780. The average Bonchev–Trinajstić information content (AvgIpc) is 2.73. The molecule has 0 amide bonds. The van der Waals surface area contributed by atoms with Gasteiger partial charge in [-0.15, -0.1) is 0 Å². The molecule has 2 aromatic heterocycles. The Labute approximate surface area is 99.9 Å². The maximum absolute atomic E-state index is 9.28. The molecule has 0 aromatic carbocycles. The molecule has 0 spiro atoms. The van der Waals surface area contributed by atoms with Crippen molar-refractivity contribution in [3.05, 3.63) is 35.7 Å². The molecule has 0 aliphatic heterocycles. The van der Waals surface area contributed by atoms with E-state index in [0.717, 1.165) is 23.2 Å². The van der Waals surface area contributed by atoms with Crippen LogP contribution in [0.4, 0.5) is 0 Å². The summed E-state index contributed by atoms with van der Waals surface area (Å²) < 4.78 is 1.77. The molecule has 5 heteroatoms. The largest absolute Gasteiger partial charge is 0.395 e. The predicted octanol–water partition coefficient (Wildman–Crippen LogP) is 0.251. The van der Waals surface area contributed by atoms with Gasteiger partial charge in [-0.2, -0.15) is 5.10 Å². The minimum atomic E-state index is -0.00969. The fourth-order valence-corrected chi connectivity index (χ4v) is 1.97. The van der Waals surface area contributed by atoms with Gasteiger partial charge < -0.3 is 10.2 Å². The lowest BCUT2D eigenvalue weighted by molar-refractivity contribution is 0.217. The smallest absolute Gasteiger partial charge is 0.0761 e. The molecular weight excluding hydrogens is 218 g/mol. The summed E-state index contributed by atoms with van der Waals surface area (Å²) in [6.45, 7) is 1.49. The molecule has 0 aliphatic carbocycles. The van der Waals surface area contributed by atoms with Crippen LogP contribution in [0.3, 0.4) is 0 Å². The van der Waals surface area contributed by atoms with Crippen LogP contribution in [-0.4, -0.2) is 44.9 Å². The molecule has 5 nitrogen and oxygen atoms in total. The number of pyridine rings is 1. The molecular formula is C12H17N3O2. The van der Waals surface area contributed by atoms with Gasteiger partial charge in [-0.3, -0.25) is 4.90 Å². The van der Waals surface area contributed by atoms with Crippen molar-refractivity contribution < 1.29 is 10.2 Å². The van der Waals surface area contributed by atoms with E-state index in [2.05, 4.69) is 5.10 Å². The zero-order chi connectivity index (χ0) is 12.3. The van der Waals surface area contributed by atoms with Gasteiger partial charge in [-0.05, 0) is 18.7 Å². The summed E-state index contributed by atoms with van der Waals surface area (Å²) in [7, 11) is 1.95. The molecule has 2 aromatic rings. The molecule has 0 saturated carbocycles. The van der Waals surface area contributed by atoms with Gasteiger partial charge in [0.15, 0.2) is 0 Å². The van der Waals surface area contributed by atoms with Gasteiger partial charge in [-0.1, -0.05) is 6.07 Å². The third-order valence-corrected chi connectivity index (χ3v) is 2.79. The molecule has 2 N–H and O–H groups in total. The molecule has 92 valence electrons. The van der Waals surface area contributed by atoms with Gasteiger partial charge in [0.25, 0.3) is 0 Å². The number of likely N-dealkylation sites (N-methyl/N-ethyl adjacent to an activating group) is 1. The SMILES string of the molecule is CN(CCO)Cc1cccn2ncc(CO)c12. The molecule has 0 atom stereocenters. The van der Waals surface area contributed by atoms with Crippen molar-refractivity contribution in [2.24, 2.45) is 0 Å². The zero-order valence-corrected chi connectivity index (χ0v) is 9.87. The first-order valence-corrected chi connectivity index (χ1v) is 5.60. The summed E-state index contributed by atoms with van der Waals surface area (Å²) in [4.78, 5) is 2.03. The number of aromatic nitrogens is 2. The van der Waals surface area contributed by atoms with Crippen molar-refractivity contribution >= 4 is 5.52 Å². The second-order valence-corrected chi connectivity index (χ2v) is 4.12. The van der Waals surface area contributed by atoms with E-state index in [-0.39, 0.29) is 13.2 Å². The summed E-state index contributed by atoms with van der Waals surface area (Å²) >= 11 is 0. The molecule has 2 heterocycles. The number of hydrogen-bond donors (Lipinski definition) is 2. The highest BCUT2D eigenvalue weighted by atomic mass is 16.3. The molecule has 17 heavy (non-hydrogen) atoms. The van der Waals surface area contributed by atoms with E-state index >= 15 is 0 Å². The first-order valence-electron chi connectivity index (χ1n) is 5.60. The van der Waals surface area contributed by atoms with Crippen LogP contribution in [0.25, 0.3) is 5.52 Å². The maximum atomic E-state index is 9.28. The van der Waals surface area contributed by atoms with Gasteiger partial charge >= 0.3 is 0 Å². The van der Waals surface area contributed by atoms with Crippen LogP contribution in [0, 0.1) is 0 Å². The lowest BCUT2D eigenvalue weighted by atomic mass is 10.1. The van der Waals surface area contributed by atoms with E-state index in [9.17, 15) is 5.11 Å². The minimum absolute atomic E-state index is 0.00969. The first kappa shape index (κ1) is 12.0. The number of rotatable bonds is 5. The van der Waals surface area contributed by atoms with Crippen molar-refractivity contribution in [3.63, 3.8) is 0 Å². The van der Waals surface area contributed by atoms with E-state index in [0.29, 0.717) is 6.54 Å². The van der Waals surface area contributed by atoms with Crippen molar-refractivity contribution in [1.82, 2.24) is 14.5 Å². The van der Waals surface area contributed by atoms with E-state index in [1.54, 1.807) is 10.7 Å². The topological polar surface area (TPSA) is 61.0 Å². The van der Waals surface area contributed by atoms with Crippen LogP contribution in [0.2, 0.25) is 0 Å². The normalized spacial score (nSPS) is 11.5. The predicted molar refractivity (Wildman–Crippen MR) is 64.5 cm³/mol. The standard InChI is InChI=1S/C12H17N3O2/c1-14(5-6-16)8-10-3-2-4-15-12(10)11(9-17)7-13-15/h2-4,7,16-17H,5-6,8-9H2,1H3. The summed E-state index contributed by atoms with van der Waals surface area (Å²) in [5.41, 5.74) is 2.89. The Bertz CT molecular complexity index is 495. The molecule has 0 radical (unpaired) electrons. The van der Waals surface area contributed by atoms with Gasteiger partial charge in [0.2, 0.25) is 0 Å². The molecule has 2 rings (SSSR count). The Morgan fingerprint density at radius 2 is 2.18 bits per heavy atom. The van der Waals surface area contributed by atoms with Crippen LogP contribution in [0.1, 0.15) is 11.1 Å². The van der Waals surface area contributed by atoms with Gasteiger partial charge in [0, 0.05) is 24.8 Å². The van der Waals surface area contributed by atoms with E-state index in [1.165, 1.54) is 0 Å². The Kier molecular flexibility index (Phi) is 3.73. The third-order valence-electron chi connectivity index (χ3n) is 2.79. The van der Waals surface area contributed by atoms with Crippen molar-refractivity contribution in [2.45, 2.75) is 13.2 Å². The number of hydrogen-bond acceptors (Lipinski definition) is 4. The van der Waals surface area contributed by atoms with Gasteiger partial charge in [0.05, 0.1) is 24.9 Å². The zero-order valence-electron chi connectivity index (χ0n) is 9.87. The van der Waals surface area contributed by atoms with E-state index in [4.69, 9.17) is 5.11 Å². The van der Waals surface area contributed by atoms with Crippen molar-refractivity contribution in [3.8, 4) is 0 Å². The van der Waals surface area contributed by atoms with E-state index in [1.807, 2.05) is 30.3 Å². The lowest BCUT2D eigenvalue weighted by Gasteiger charge is -2.16. The molecule has 0 unspecified atom stereocenters. The minimum Gasteiger partial charge on any atom is -0.395 e. The van der Waals surface area contributed by atoms with Crippen LogP contribution in [0.5, 0.6) is 0 Å². The monoisotopic (exact) mass is 235 g/mol. The highest BCUT2D eigenvalue weighted by molar-refractivity contribution is 5.60. The van der Waals surface area contributed by atoms with Crippen LogP contribution >= 0.6 is 0 Å². The number of aliphatic hydroxyl groups excluding tert-OH is 2. The molecule has 0 fully saturated rings. The number of fused-ring (bicyclic) bond motifs is 1. The molecule has 0 saturated heterocycles. The third kappa shape index (κ3) is 2.46. The fraction of sp³-hybridized carbons (Fsp3) is 0.417. The number of nitrogens with zero attached hydrogens (tertiary/aromatic N) is 3. The Balaban J connectivity index is 2.35. The summed E-state index contributed by atoms with van der Waals surface area (Å²) in [5.74, 6) is 0. The summed E-state index contributed by atoms with van der Waals surface area (Å²) in [5, 5.41) is 22.4. The van der Waals surface area contributed by atoms with Gasteiger partial charge in [0.1, 0.15) is 0 Å². The highest BCUT2D eigenvalue weighted by Crippen LogP contribution is 2.17. The summed E-state index contributed by atoms with van der Waals surface area (Å²) in [6, 6.07) is 3.95. The Hall–Kier alpha value is -1.43. The molecule has 0 aliphatic rings.